The lowest BCUT2D eigenvalue weighted by Crippen LogP contribution is -2.14. The van der Waals surface area contributed by atoms with Crippen LogP contribution in [0.25, 0.3) is 0 Å². The quantitative estimate of drug-likeness (QED) is 0.643. The van der Waals surface area contributed by atoms with Crippen molar-refractivity contribution in [3.63, 3.8) is 0 Å². The zero-order chi connectivity index (χ0) is 15.4. The van der Waals surface area contributed by atoms with Gasteiger partial charge in [-0.25, -0.2) is 4.98 Å². The third-order valence-corrected chi connectivity index (χ3v) is 2.69. The highest BCUT2D eigenvalue weighted by molar-refractivity contribution is 5.93. The molecule has 0 spiro atoms. The number of para-hydroxylation sites is 1. The largest absolute Gasteiger partial charge is 0.493 e. The van der Waals surface area contributed by atoms with E-state index in [9.17, 15) is 0 Å². The fraction of sp³-hybridized carbons (Fsp3) is 0.214. The highest BCUT2D eigenvalue weighted by atomic mass is 16.5. The number of hydrogen-bond acceptors (Lipinski definition) is 6. The molecule has 0 aliphatic carbocycles. The molecule has 0 unspecified atom stereocenters. The summed E-state index contributed by atoms with van der Waals surface area (Å²) in [5.41, 5.74) is 6.38. The molecule has 110 valence electrons. The van der Waals surface area contributed by atoms with Gasteiger partial charge < -0.3 is 19.9 Å². The van der Waals surface area contributed by atoms with Gasteiger partial charge in [0.25, 0.3) is 0 Å². The van der Waals surface area contributed by atoms with E-state index in [0.717, 1.165) is 0 Å². The summed E-state index contributed by atoms with van der Waals surface area (Å²) in [7, 11) is 3.06. The van der Waals surface area contributed by atoms with Gasteiger partial charge in [-0.15, -0.1) is 0 Å². The molecule has 0 aliphatic rings. The number of nitrogens with two attached hydrogens (primary N) is 1. The number of nitrogens with zero attached hydrogens (tertiary/aromatic N) is 2. The predicted molar refractivity (Wildman–Crippen MR) is 77.4 cm³/mol. The van der Waals surface area contributed by atoms with Crippen LogP contribution in [-0.4, -0.2) is 30.0 Å². The summed E-state index contributed by atoms with van der Waals surface area (Å²) in [6.45, 7) is 1.76. The van der Waals surface area contributed by atoms with Crippen LogP contribution in [0.2, 0.25) is 0 Å². The molecule has 2 rings (SSSR count). The van der Waals surface area contributed by atoms with E-state index >= 15 is 0 Å². The molecule has 1 aromatic heterocycles. The maximum atomic E-state index is 7.45. The van der Waals surface area contributed by atoms with Gasteiger partial charge in [0.1, 0.15) is 11.5 Å². The highest BCUT2D eigenvalue weighted by Crippen LogP contribution is 2.39. The van der Waals surface area contributed by atoms with Gasteiger partial charge in [0.05, 0.1) is 14.2 Å². The number of methoxy groups -OCH3 is 2. The van der Waals surface area contributed by atoms with Gasteiger partial charge in [-0.05, 0) is 25.1 Å². The van der Waals surface area contributed by atoms with E-state index in [1.165, 1.54) is 14.2 Å². The van der Waals surface area contributed by atoms with E-state index in [-0.39, 0.29) is 11.8 Å². The minimum Gasteiger partial charge on any atom is -0.493 e. The van der Waals surface area contributed by atoms with Crippen molar-refractivity contribution >= 4 is 5.84 Å². The molecule has 0 amide bonds. The number of aromatic nitrogens is 2. The Hall–Kier alpha value is -2.83. The number of nitrogen functional groups attached to an aromatic ring is 1. The molecule has 1 aromatic carbocycles. The van der Waals surface area contributed by atoms with E-state index in [1.54, 1.807) is 31.2 Å². The Labute approximate surface area is 122 Å². The third kappa shape index (κ3) is 3.19. The van der Waals surface area contributed by atoms with Gasteiger partial charge in [-0.3, -0.25) is 5.41 Å². The Bertz CT molecular complexity index is 651. The van der Waals surface area contributed by atoms with Crippen LogP contribution in [0.1, 0.15) is 11.4 Å². The molecule has 0 fully saturated rings. The molecule has 7 nitrogen and oxygen atoms in total. The second-order valence-corrected chi connectivity index (χ2v) is 4.18. The normalized spacial score (nSPS) is 10.0. The molecule has 1 heterocycles. The second kappa shape index (κ2) is 6.08. The molecule has 0 bridgehead atoms. The second-order valence-electron chi connectivity index (χ2n) is 4.18. The molecule has 7 heteroatoms. The van der Waals surface area contributed by atoms with Crippen molar-refractivity contribution in [2.45, 2.75) is 6.92 Å². The standard InChI is InChI=1S/C14H16N4O3/c1-8-7-9(13(15)16)18-14(17-8)21-12-10(19-2)5-4-6-11(12)20-3/h4-7H,1-3H3,(H3,15,16). The Kier molecular flexibility index (Phi) is 4.22. The predicted octanol–water partition coefficient (Wildman–Crippen LogP) is 1.88. The first kappa shape index (κ1) is 14.6. The van der Waals surface area contributed by atoms with Crippen LogP contribution in [-0.2, 0) is 0 Å². The van der Waals surface area contributed by atoms with E-state index in [4.69, 9.17) is 25.4 Å². The fourth-order valence-electron chi connectivity index (χ4n) is 1.73. The number of benzene rings is 1. The molecule has 21 heavy (non-hydrogen) atoms. The van der Waals surface area contributed by atoms with Crippen LogP contribution in [0.4, 0.5) is 0 Å². The molecule has 0 radical (unpaired) electrons. The first-order valence-corrected chi connectivity index (χ1v) is 6.14. The van der Waals surface area contributed by atoms with Gasteiger partial charge in [-0.2, -0.15) is 4.98 Å². The van der Waals surface area contributed by atoms with Crippen molar-refractivity contribution in [2.24, 2.45) is 5.73 Å². The van der Waals surface area contributed by atoms with Crippen molar-refractivity contribution in [3.8, 4) is 23.3 Å². The Balaban J connectivity index is 2.45. The molecular weight excluding hydrogens is 272 g/mol. The molecule has 2 aromatic rings. The number of rotatable bonds is 5. The van der Waals surface area contributed by atoms with Gasteiger partial charge in [0.15, 0.2) is 11.5 Å². The Morgan fingerprint density at radius 1 is 1.14 bits per heavy atom. The monoisotopic (exact) mass is 288 g/mol. The average molecular weight is 288 g/mol. The van der Waals surface area contributed by atoms with Gasteiger partial charge >= 0.3 is 6.01 Å². The zero-order valence-corrected chi connectivity index (χ0v) is 12.0. The summed E-state index contributed by atoms with van der Waals surface area (Å²) in [6, 6.07) is 6.93. The van der Waals surface area contributed by atoms with Crippen molar-refractivity contribution < 1.29 is 14.2 Å². The number of aryl methyl sites for hydroxylation is 1. The van der Waals surface area contributed by atoms with Gasteiger partial charge in [0.2, 0.25) is 5.75 Å². The molecule has 3 N–H and O–H groups in total. The van der Waals surface area contributed by atoms with Crippen molar-refractivity contribution in [1.29, 1.82) is 5.41 Å². The maximum Gasteiger partial charge on any atom is 0.323 e. The summed E-state index contributed by atoms with van der Waals surface area (Å²) in [5.74, 6) is 1.19. The molecule has 0 aliphatic heterocycles. The minimum absolute atomic E-state index is 0.0722. The summed E-state index contributed by atoms with van der Waals surface area (Å²) in [4.78, 5) is 8.25. The van der Waals surface area contributed by atoms with Crippen LogP contribution in [0.15, 0.2) is 24.3 Å². The number of nitrogens with one attached hydrogen (secondary N) is 1. The number of amidine groups is 1. The summed E-state index contributed by atoms with van der Waals surface area (Å²) in [6.07, 6.45) is 0. The van der Waals surface area contributed by atoms with Crippen molar-refractivity contribution in [1.82, 2.24) is 9.97 Å². The topological polar surface area (TPSA) is 103 Å². The highest BCUT2D eigenvalue weighted by Gasteiger charge is 2.15. The van der Waals surface area contributed by atoms with Gasteiger partial charge in [-0.1, -0.05) is 6.07 Å². The summed E-state index contributed by atoms with van der Waals surface area (Å²) >= 11 is 0. The van der Waals surface area contributed by atoms with Crippen LogP contribution >= 0.6 is 0 Å². The van der Waals surface area contributed by atoms with E-state index < -0.39 is 0 Å². The molecule has 0 saturated heterocycles. The molecule has 0 saturated carbocycles. The maximum absolute atomic E-state index is 7.45. The van der Waals surface area contributed by atoms with E-state index in [1.807, 2.05) is 0 Å². The lowest BCUT2D eigenvalue weighted by Gasteiger charge is -2.13. The van der Waals surface area contributed by atoms with E-state index in [2.05, 4.69) is 9.97 Å². The fourth-order valence-corrected chi connectivity index (χ4v) is 1.73. The van der Waals surface area contributed by atoms with Crippen LogP contribution < -0.4 is 19.9 Å². The summed E-state index contributed by atoms with van der Waals surface area (Å²) < 4.78 is 16.2. The van der Waals surface area contributed by atoms with Crippen LogP contribution in [0, 0.1) is 12.3 Å². The molecule has 0 atom stereocenters. The van der Waals surface area contributed by atoms with Crippen LogP contribution in [0.5, 0.6) is 23.3 Å². The van der Waals surface area contributed by atoms with Crippen LogP contribution in [0.3, 0.4) is 0 Å². The van der Waals surface area contributed by atoms with Gasteiger partial charge in [0, 0.05) is 5.69 Å². The minimum atomic E-state index is -0.155. The molecular formula is C14H16N4O3. The Morgan fingerprint density at radius 3 is 2.29 bits per heavy atom. The average Bonchev–Trinajstić information content (AvgIpc) is 2.46. The first-order chi connectivity index (χ1) is 10.0. The first-order valence-electron chi connectivity index (χ1n) is 6.14. The number of ether oxygens (including phenoxy) is 3. The Morgan fingerprint density at radius 2 is 1.76 bits per heavy atom. The van der Waals surface area contributed by atoms with Crippen molar-refractivity contribution in [2.75, 3.05) is 14.2 Å². The van der Waals surface area contributed by atoms with E-state index in [0.29, 0.717) is 28.6 Å². The lowest BCUT2D eigenvalue weighted by atomic mass is 10.3. The smallest absolute Gasteiger partial charge is 0.323 e. The number of hydrogen-bond donors (Lipinski definition) is 2. The SMILES string of the molecule is COc1cccc(OC)c1Oc1nc(C)cc(C(=N)N)n1. The zero-order valence-electron chi connectivity index (χ0n) is 12.0. The summed E-state index contributed by atoms with van der Waals surface area (Å²) in [5, 5.41) is 7.45. The third-order valence-electron chi connectivity index (χ3n) is 2.69. The van der Waals surface area contributed by atoms with Crippen molar-refractivity contribution in [3.05, 3.63) is 35.7 Å². The lowest BCUT2D eigenvalue weighted by molar-refractivity contribution is 0.336.